The molecule has 1 aromatic heterocycles. The van der Waals surface area contributed by atoms with Crippen molar-refractivity contribution in [3.8, 4) is 0 Å². The largest absolute Gasteiger partial charge is 0.456 e. The van der Waals surface area contributed by atoms with Gasteiger partial charge in [0.1, 0.15) is 12.0 Å². The summed E-state index contributed by atoms with van der Waals surface area (Å²) in [7, 11) is 0. The van der Waals surface area contributed by atoms with Crippen LogP contribution in [-0.4, -0.2) is 6.29 Å². The highest BCUT2D eigenvalue weighted by molar-refractivity contribution is 5.53. The van der Waals surface area contributed by atoms with E-state index in [4.69, 9.17) is 0 Å². The molecule has 2 nitrogen and oxygen atoms in total. The normalized spacial score (nSPS) is 11.6. The predicted octanol–water partition coefficient (Wildman–Crippen LogP) is 2.04. The number of halogens is 3. The van der Waals surface area contributed by atoms with Crippen molar-refractivity contribution in [3.63, 3.8) is 0 Å². The monoisotopic (exact) mass is 178 g/mol. The zero-order valence-electron chi connectivity index (χ0n) is 5.89. The number of hydrogen-bond acceptors (Lipinski definition) is 2. The maximum absolute atomic E-state index is 11.9. The molecule has 0 spiro atoms. The van der Waals surface area contributed by atoms with E-state index in [1.165, 1.54) is 0 Å². The van der Waals surface area contributed by atoms with E-state index in [-0.39, 0.29) is 12.2 Å². The second kappa shape index (κ2) is 3.00. The van der Waals surface area contributed by atoms with Crippen LogP contribution >= 0.6 is 0 Å². The fourth-order valence-corrected chi connectivity index (χ4v) is 0.722. The lowest BCUT2D eigenvalue weighted by atomic mass is 10.3. The predicted molar refractivity (Wildman–Crippen MR) is 33.5 cm³/mol. The molecule has 0 bridgehead atoms. The molecule has 0 aliphatic heterocycles. The van der Waals surface area contributed by atoms with Gasteiger partial charge in [0.25, 0.3) is 0 Å². The zero-order valence-corrected chi connectivity index (χ0v) is 5.89. The van der Waals surface area contributed by atoms with Crippen LogP contribution in [0.1, 0.15) is 11.5 Å². The summed E-state index contributed by atoms with van der Waals surface area (Å²) in [4.78, 5) is 9.89. The molecular formula is C7H5F3O2. The fraction of sp³-hybridized carbons (Fsp3) is 0.286. The number of aldehydes is 1. The van der Waals surface area contributed by atoms with Crippen LogP contribution in [-0.2, 0) is 17.4 Å². The Bertz CT molecular complexity index is 274. The Morgan fingerprint density at radius 3 is 2.50 bits per heavy atom. The third-order valence-corrected chi connectivity index (χ3v) is 1.23. The van der Waals surface area contributed by atoms with E-state index in [1.807, 2.05) is 0 Å². The Balaban J connectivity index is 2.84. The van der Waals surface area contributed by atoms with E-state index >= 15 is 0 Å². The van der Waals surface area contributed by atoms with Gasteiger partial charge in [-0.25, -0.2) is 0 Å². The van der Waals surface area contributed by atoms with Crippen molar-refractivity contribution in [1.29, 1.82) is 0 Å². The van der Waals surface area contributed by atoms with Gasteiger partial charge in [0, 0.05) is 0 Å². The summed E-state index contributed by atoms with van der Waals surface area (Å²) < 4.78 is 39.9. The highest BCUT2D eigenvalue weighted by atomic mass is 19.4. The maximum atomic E-state index is 11.9. The highest BCUT2D eigenvalue weighted by Gasteiger charge is 2.34. The topological polar surface area (TPSA) is 30.2 Å². The van der Waals surface area contributed by atoms with Gasteiger partial charge in [-0.1, -0.05) is 0 Å². The quantitative estimate of drug-likeness (QED) is 0.648. The summed E-state index contributed by atoms with van der Waals surface area (Å²) in [6.45, 7) is 0. The van der Waals surface area contributed by atoms with E-state index in [9.17, 15) is 18.0 Å². The van der Waals surface area contributed by atoms with Crippen LogP contribution in [0, 0.1) is 0 Å². The van der Waals surface area contributed by atoms with Gasteiger partial charge in [0.15, 0.2) is 0 Å². The Hall–Kier alpha value is -1.26. The molecule has 0 aliphatic carbocycles. The van der Waals surface area contributed by atoms with Crippen molar-refractivity contribution < 1.29 is 22.4 Å². The molecule has 66 valence electrons. The number of hydrogen-bond donors (Lipinski definition) is 0. The number of furan rings is 1. The van der Waals surface area contributed by atoms with Crippen LogP contribution < -0.4 is 0 Å². The van der Waals surface area contributed by atoms with Gasteiger partial charge >= 0.3 is 6.18 Å². The van der Waals surface area contributed by atoms with Gasteiger partial charge in [0.05, 0.1) is 6.42 Å². The molecule has 0 saturated heterocycles. The van der Waals surface area contributed by atoms with E-state index in [0.29, 0.717) is 6.29 Å². The van der Waals surface area contributed by atoms with Crippen molar-refractivity contribution in [1.82, 2.24) is 0 Å². The molecule has 1 rings (SSSR count). The molecule has 0 saturated carbocycles. The van der Waals surface area contributed by atoms with Crippen LogP contribution in [0.5, 0.6) is 0 Å². The van der Waals surface area contributed by atoms with E-state index < -0.39 is 11.9 Å². The average molecular weight is 178 g/mol. The maximum Gasteiger partial charge on any atom is 0.449 e. The van der Waals surface area contributed by atoms with E-state index in [0.717, 1.165) is 12.1 Å². The smallest absolute Gasteiger partial charge is 0.449 e. The summed E-state index contributed by atoms with van der Waals surface area (Å²) in [6, 6.07) is 1.94. The molecule has 0 N–H and O–H groups in total. The summed E-state index contributed by atoms with van der Waals surface area (Å²) in [6.07, 6.45) is -4.11. The average Bonchev–Trinajstić information content (AvgIpc) is 2.35. The first kappa shape index (κ1) is 8.83. The van der Waals surface area contributed by atoms with Crippen molar-refractivity contribution >= 4 is 6.29 Å². The highest BCUT2D eigenvalue weighted by Crippen LogP contribution is 2.30. The Kier molecular flexibility index (Phi) is 2.21. The third kappa shape index (κ3) is 1.87. The van der Waals surface area contributed by atoms with E-state index in [1.54, 1.807) is 0 Å². The minimum atomic E-state index is -4.47. The van der Waals surface area contributed by atoms with Gasteiger partial charge in [-0.2, -0.15) is 13.2 Å². The van der Waals surface area contributed by atoms with Gasteiger partial charge in [-0.3, -0.25) is 0 Å². The molecule has 1 aromatic rings. The van der Waals surface area contributed by atoms with Crippen molar-refractivity contribution in [2.45, 2.75) is 12.6 Å². The van der Waals surface area contributed by atoms with Crippen LogP contribution in [0.2, 0.25) is 0 Å². The Labute approximate surface area is 66.0 Å². The van der Waals surface area contributed by atoms with Gasteiger partial charge < -0.3 is 9.21 Å². The summed E-state index contributed by atoms with van der Waals surface area (Å²) in [5, 5.41) is 0. The fourth-order valence-electron chi connectivity index (χ4n) is 0.722. The lowest BCUT2D eigenvalue weighted by Crippen LogP contribution is -2.02. The van der Waals surface area contributed by atoms with Crippen LogP contribution in [0.4, 0.5) is 13.2 Å². The number of alkyl halides is 3. The molecule has 0 radical (unpaired) electrons. The van der Waals surface area contributed by atoms with Crippen molar-refractivity contribution in [3.05, 3.63) is 23.7 Å². The molecule has 0 aliphatic rings. The molecular weight excluding hydrogens is 173 g/mol. The van der Waals surface area contributed by atoms with Gasteiger partial charge in [-0.05, 0) is 12.1 Å². The molecule has 0 aromatic carbocycles. The first-order chi connectivity index (χ1) is 5.54. The SMILES string of the molecule is O=CCc1ccc(C(F)(F)F)o1. The minimum absolute atomic E-state index is 0.0253. The first-order valence-corrected chi connectivity index (χ1v) is 3.13. The van der Waals surface area contributed by atoms with E-state index in [2.05, 4.69) is 4.42 Å². The van der Waals surface area contributed by atoms with Gasteiger partial charge in [-0.15, -0.1) is 0 Å². The zero-order chi connectivity index (χ0) is 9.19. The first-order valence-electron chi connectivity index (χ1n) is 3.13. The summed E-state index contributed by atoms with van der Waals surface area (Å²) in [5.41, 5.74) is 0. The summed E-state index contributed by atoms with van der Waals surface area (Å²) in [5.74, 6) is -1.04. The minimum Gasteiger partial charge on any atom is -0.456 e. The van der Waals surface area contributed by atoms with Crippen LogP contribution in [0.25, 0.3) is 0 Å². The molecule has 0 atom stereocenters. The molecule has 1 heterocycles. The second-order valence-corrected chi connectivity index (χ2v) is 2.13. The third-order valence-electron chi connectivity index (χ3n) is 1.23. The number of carbonyl (C=O) groups excluding carboxylic acids is 1. The molecule has 12 heavy (non-hydrogen) atoms. The molecule has 5 heteroatoms. The second-order valence-electron chi connectivity index (χ2n) is 2.13. The van der Waals surface area contributed by atoms with Gasteiger partial charge in [0.2, 0.25) is 5.76 Å². The van der Waals surface area contributed by atoms with Crippen molar-refractivity contribution in [2.24, 2.45) is 0 Å². The number of rotatable bonds is 2. The van der Waals surface area contributed by atoms with Crippen molar-refractivity contribution in [2.75, 3.05) is 0 Å². The summed E-state index contributed by atoms with van der Waals surface area (Å²) >= 11 is 0. The lowest BCUT2D eigenvalue weighted by molar-refractivity contribution is -0.153. The number of carbonyl (C=O) groups is 1. The van der Waals surface area contributed by atoms with Crippen LogP contribution in [0.3, 0.4) is 0 Å². The lowest BCUT2D eigenvalue weighted by Gasteiger charge is -1.99. The standard InChI is InChI=1S/C7H5F3O2/c8-7(9,10)6-2-1-5(12-6)3-4-11/h1-2,4H,3H2. The Morgan fingerprint density at radius 1 is 1.42 bits per heavy atom. The van der Waals surface area contributed by atoms with Crippen LogP contribution in [0.15, 0.2) is 16.5 Å². The Morgan fingerprint density at radius 2 is 2.08 bits per heavy atom. The molecule has 0 amide bonds. The molecule has 0 fully saturated rings. The molecule has 0 unspecified atom stereocenters.